The van der Waals surface area contributed by atoms with Crippen LogP contribution in [-0.2, 0) is 0 Å². The van der Waals surface area contributed by atoms with Crippen molar-refractivity contribution in [2.75, 3.05) is 0 Å². The van der Waals surface area contributed by atoms with Gasteiger partial charge in [-0.15, -0.1) is 12.4 Å². The van der Waals surface area contributed by atoms with Crippen molar-refractivity contribution in [2.45, 2.75) is 6.23 Å². The molecule has 1 rings (SSSR count). The molecule has 3 nitrogen and oxygen atoms in total. The van der Waals surface area contributed by atoms with E-state index in [2.05, 4.69) is 4.99 Å². The molecule has 0 fully saturated rings. The van der Waals surface area contributed by atoms with Crippen molar-refractivity contribution < 1.29 is 5.11 Å². The molecule has 0 aliphatic carbocycles. The minimum atomic E-state index is -0.694. The third-order valence-electron chi connectivity index (χ3n) is 0.720. The van der Waals surface area contributed by atoms with Gasteiger partial charge in [0.1, 0.15) is 5.84 Å². The number of rotatable bonds is 0. The normalized spacial score (nSPS) is 24.6. The summed E-state index contributed by atoms with van der Waals surface area (Å²) in [6, 6.07) is 0. The number of hydrogen-bond donors (Lipinski definition) is 2. The summed E-state index contributed by atoms with van der Waals surface area (Å²) in [6.07, 6.45) is 2.40. The largest absolute Gasteiger partial charge is 0.384 e. The summed E-state index contributed by atoms with van der Waals surface area (Å²) in [5.41, 5.74) is 5.13. The Kier molecular flexibility index (Phi) is 2.51. The number of nitrogens with two attached hydrogens (primary N) is 1. The lowest BCUT2D eigenvalue weighted by molar-refractivity contribution is 0.237. The number of aliphatic imine (C=N–C) groups is 1. The monoisotopic (exact) mass is 134 g/mol. The molecule has 1 aliphatic heterocycles. The van der Waals surface area contributed by atoms with Gasteiger partial charge in [0.25, 0.3) is 0 Å². The highest BCUT2D eigenvalue weighted by Crippen LogP contribution is 1.95. The first-order valence-corrected chi connectivity index (χ1v) is 1.98. The van der Waals surface area contributed by atoms with Crippen LogP contribution in [0.5, 0.6) is 0 Å². The Bertz CT molecular complexity index is 132. The Labute approximate surface area is 53.3 Å². The van der Waals surface area contributed by atoms with E-state index in [9.17, 15) is 0 Å². The number of hydrogen-bond acceptors (Lipinski definition) is 3. The van der Waals surface area contributed by atoms with Gasteiger partial charge in [0, 0.05) is 0 Å². The zero-order valence-corrected chi connectivity index (χ0v) is 4.93. The first-order valence-electron chi connectivity index (χ1n) is 1.98. The Morgan fingerprint density at radius 3 is 2.50 bits per heavy atom. The zero-order chi connectivity index (χ0) is 5.28. The maximum absolute atomic E-state index is 8.55. The molecule has 0 saturated carbocycles. The molecular formula is C4H7ClN2O. The maximum atomic E-state index is 8.55. The minimum absolute atomic E-state index is 0. The van der Waals surface area contributed by atoms with Crippen molar-refractivity contribution in [3.8, 4) is 0 Å². The number of nitrogens with zero attached hydrogens (tertiary/aromatic N) is 1. The fraction of sp³-hybridized carbons (Fsp3) is 0.250. The molecule has 8 heavy (non-hydrogen) atoms. The van der Waals surface area contributed by atoms with E-state index >= 15 is 0 Å². The summed E-state index contributed by atoms with van der Waals surface area (Å²) >= 11 is 0. The SMILES string of the molecule is Cl.NC1=NC(O)C=C1. The Morgan fingerprint density at radius 1 is 1.75 bits per heavy atom. The van der Waals surface area contributed by atoms with Crippen LogP contribution in [0.15, 0.2) is 17.1 Å². The van der Waals surface area contributed by atoms with E-state index < -0.39 is 6.23 Å². The quantitative estimate of drug-likeness (QED) is 0.476. The van der Waals surface area contributed by atoms with Crippen molar-refractivity contribution in [2.24, 2.45) is 10.7 Å². The summed E-state index contributed by atoms with van der Waals surface area (Å²) < 4.78 is 0. The van der Waals surface area contributed by atoms with E-state index in [0.29, 0.717) is 5.84 Å². The van der Waals surface area contributed by atoms with E-state index in [0.717, 1.165) is 0 Å². The molecule has 46 valence electrons. The third-order valence-corrected chi connectivity index (χ3v) is 0.720. The molecule has 4 heteroatoms. The van der Waals surface area contributed by atoms with Crippen molar-refractivity contribution >= 4 is 18.2 Å². The first kappa shape index (κ1) is 7.46. The molecule has 1 unspecified atom stereocenters. The summed E-state index contributed by atoms with van der Waals surface area (Å²) in [7, 11) is 0. The lowest BCUT2D eigenvalue weighted by atomic mass is 10.5. The van der Waals surface area contributed by atoms with Crippen LogP contribution in [-0.4, -0.2) is 17.2 Å². The lowest BCUT2D eigenvalue weighted by Crippen LogP contribution is -2.05. The highest BCUT2D eigenvalue weighted by Gasteiger charge is 2.00. The predicted molar refractivity (Wildman–Crippen MR) is 34.0 cm³/mol. The highest BCUT2D eigenvalue weighted by atomic mass is 35.5. The molecule has 1 heterocycles. The van der Waals surface area contributed by atoms with Gasteiger partial charge in [-0.2, -0.15) is 0 Å². The molecule has 0 saturated heterocycles. The second-order valence-electron chi connectivity index (χ2n) is 1.33. The predicted octanol–water partition coefficient (Wildman–Crippen LogP) is -0.346. The maximum Gasteiger partial charge on any atom is 0.167 e. The van der Waals surface area contributed by atoms with Crippen molar-refractivity contribution in [1.29, 1.82) is 0 Å². The summed E-state index contributed by atoms with van der Waals surface area (Å²) in [6.45, 7) is 0. The van der Waals surface area contributed by atoms with Crippen molar-refractivity contribution in [1.82, 2.24) is 0 Å². The van der Waals surface area contributed by atoms with Crippen LogP contribution in [0.2, 0.25) is 0 Å². The van der Waals surface area contributed by atoms with E-state index in [1.807, 2.05) is 0 Å². The average molecular weight is 135 g/mol. The van der Waals surface area contributed by atoms with Gasteiger partial charge in [-0.3, -0.25) is 0 Å². The van der Waals surface area contributed by atoms with Gasteiger partial charge in [-0.25, -0.2) is 4.99 Å². The highest BCUT2D eigenvalue weighted by molar-refractivity contribution is 5.93. The van der Waals surface area contributed by atoms with Crippen LogP contribution >= 0.6 is 12.4 Å². The van der Waals surface area contributed by atoms with Crippen LogP contribution in [0.4, 0.5) is 0 Å². The number of halogens is 1. The topological polar surface area (TPSA) is 58.6 Å². The summed E-state index contributed by atoms with van der Waals surface area (Å²) in [5, 5.41) is 8.55. The van der Waals surface area contributed by atoms with Crippen LogP contribution < -0.4 is 5.73 Å². The van der Waals surface area contributed by atoms with Crippen LogP contribution in [0.1, 0.15) is 0 Å². The third kappa shape index (κ3) is 1.52. The fourth-order valence-corrected chi connectivity index (χ4v) is 0.423. The fourth-order valence-electron chi connectivity index (χ4n) is 0.423. The van der Waals surface area contributed by atoms with Gasteiger partial charge < -0.3 is 10.8 Å². The standard InChI is InChI=1S/C4H6N2O.ClH/c5-3-1-2-4(7)6-3;/h1-2,4,7H,(H2,5,6);1H. The van der Waals surface area contributed by atoms with E-state index in [1.54, 1.807) is 6.08 Å². The summed E-state index contributed by atoms with van der Waals surface area (Å²) in [5.74, 6) is 0.396. The molecular weight excluding hydrogens is 128 g/mol. The zero-order valence-electron chi connectivity index (χ0n) is 4.11. The van der Waals surface area contributed by atoms with Crippen LogP contribution in [0.3, 0.4) is 0 Å². The number of aliphatic hydroxyl groups excluding tert-OH is 1. The van der Waals surface area contributed by atoms with Gasteiger partial charge in [-0.1, -0.05) is 0 Å². The van der Waals surface area contributed by atoms with Crippen molar-refractivity contribution in [3.05, 3.63) is 12.2 Å². The van der Waals surface area contributed by atoms with Crippen LogP contribution in [0, 0.1) is 0 Å². The molecule has 1 aliphatic rings. The molecule has 0 radical (unpaired) electrons. The van der Waals surface area contributed by atoms with Gasteiger partial charge in [-0.05, 0) is 12.2 Å². The number of aliphatic hydroxyl groups is 1. The van der Waals surface area contributed by atoms with E-state index in [-0.39, 0.29) is 12.4 Å². The first-order chi connectivity index (χ1) is 3.29. The van der Waals surface area contributed by atoms with Gasteiger partial charge in [0.2, 0.25) is 0 Å². The Balaban J connectivity index is 0.000000490. The second-order valence-corrected chi connectivity index (χ2v) is 1.33. The molecule has 0 aromatic rings. The molecule has 3 N–H and O–H groups in total. The second kappa shape index (κ2) is 2.69. The number of amidine groups is 1. The van der Waals surface area contributed by atoms with Gasteiger partial charge in [0.05, 0.1) is 0 Å². The molecule has 1 atom stereocenters. The molecule has 0 bridgehead atoms. The molecule has 0 aromatic carbocycles. The van der Waals surface area contributed by atoms with Gasteiger partial charge in [0.15, 0.2) is 6.23 Å². The molecule has 0 aromatic heterocycles. The summed E-state index contributed by atoms with van der Waals surface area (Å²) in [4.78, 5) is 3.53. The van der Waals surface area contributed by atoms with Crippen molar-refractivity contribution in [3.63, 3.8) is 0 Å². The minimum Gasteiger partial charge on any atom is -0.384 e. The average Bonchev–Trinajstić information content (AvgIpc) is 1.87. The van der Waals surface area contributed by atoms with E-state index in [4.69, 9.17) is 10.8 Å². The Hall–Kier alpha value is -0.540. The Morgan fingerprint density at radius 2 is 2.38 bits per heavy atom. The smallest absolute Gasteiger partial charge is 0.167 e. The van der Waals surface area contributed by atoms with Gasteiger partial charge >= 0.3 is 0 Å². The lowest BCUT2D eigenvalue weighted by Gasteiger charge is -1.86. The van der Waals surface area contributed by atoms with Crippen LogP contribution in [0.25, 0.3) is 0 Å². The molecule has 0 amide bonds. The van der Waals surface area contributed by atoms with E-state index in [1.165, 1.54) is 6.08 Å². The molecule has 0 spiro atoms.